The van der Waals surface area contributed by atoms with Crippen LogP contribution >= 0.6 is 24.2 Å². The van der Waals surface area contributed by atoms with Gasteiger partial charge in [-0.05, 0) is 31.4 Å². The van der Waals surface area contributed by atoms with Crippen molar-refractivity contribution in [1.29, 1.82) is 0 Å². The van der Waals surface area contributed by atoms with Crippen molar-refractivity contribution >= 4 is 41.5 Å². The van der Waals surface area contributed by atoms with Crippen LogP contribution in [-0.4, -0.2) is 28.9 Å². The largest absolute Gasteiger partial charge is 0.324 e. The highest BCUT2D eigenvalue weighted by Crippen LogP contribution is 2.22. The quantitative estimate of drug-likeness (QED) is 0.619. The Balaban J connectivity index is 0.00000361. The summed E-state index contributed by atoms with van der Waals surface area (Å²) < 4.78 is 0. The summed E-state index contributed by atoms with van der Waals surface area (Å²) in [6.07, 6.45) is 2.51. The van der Waals surface area contributed by atoms with Crippen LogP contribution in [0, 0.1) is 17.0 Å². The highest BCUT2D eigenvalue weighted by molar-refractivity contribution is 7.98. The topological polar surface area (TPSA) is 98.3 Å². The summed E-state index contributed by atoms with van der Waals surface area (Å²) in [5.74, 6) is 0.468. The molecule has 0 aliphatic heterocycles. The van der Waals surface area contributed by atoms with Crippen LogP contribution < -0.4 is 11.1 Å². The molecule has 1 amide bonds. The number of anilines is 1. The number of nitro groups is 1. The van der Waals surface area contributed by atoms with Gasteiger partial charge in [0.1, 0.15) is 0 Å². The predicted molar refractivity (Wildman–Crippen MR) is 84.7 cm³/mol. The zero-order valence-corrected chi connectivity index (χ0v) is 12.9. The van der Waals surface area contributed by atoms with Crippen LogP contribution in [-0.2, 0) is 4.79 Å². The van der Waals surface area contributed by atoms with Gasteiger partial charge in [-0.25, -0.2) is 0 Å². The maximum Gasteiger partial charge on any atom is 0.274 e. The van der Waals surface area contributed by atoms with E-state index in [0.717, 1.165) is 5.75 Å². The lowest BCUT2D eigenvalue weighted by molar-refractivity contribution is -0.385. The Morgan fingerprint density at radius 3 is 2.75 bits per heavy atom. The molecule has 6 nitrogen and oxygen atoms in total. The van der Waals surface area contributed by atoms with Gasteiger partial charge < -0.3 is 11.1 Å². The third kappa shape index (κ3) is 5.36. The molecule has 0 heterocycles. The minimum absolute atomic E-state index is 0. The van der Waals surface area contributed by atoms with Crippen molar-refractivity contribution in [3.05, 3.63) is 33.9 Å². The molecule has 1 aromatic carbocycles. The van der Waals surface area contributed by atoms with E-state index < -0.39 is 11.0 Å². The first-order valence-corrected chi connectivity index (χ1v) is 7.15. The van der Waals surface area contributed by atoms with Crippen LogP contribution in [0.2, 0.25) is 0 Å². The molecule has 0 radical (unpaired) electrons. The highest BCUT2D eigenvalue weighted by atomic mass is 35.5. The number of nitro benzene ring substituents is 1. The third-order valence-corrected chi connectivity index (χ3v) is 3.29. The molecule has 0 aliphatic carbocycles. The van der Waals surface area contributed by atoms with Crippen LogP contribution in [0.3, 0.4) is 0 Å². The lowest BCUT2D eigenvalue weighted by Gasteiger charge is -2.11. The molecule has 0 unspecified atom stereocenters. The first kappa shape index (κ1) is 18.7. The summed E-state index contributed by atoms with van der Waals surface area (Å²) in [5.41, 5.74) is 6.64. The third-order valence-electron chi connectivity index (χ3n) is 2.64. The molecule has 0 fully saturated rings. The summed E-state index contributed by atoms with van der Waals surface area (Å²) in [5, 5.41) is 13.4. The number of halogens is 1. The lowest BCUT2D eigenvalue weighted by atomic mass is 10.1. The number of rotatable bonds is 6. The van der Waals surface area contributed by atoms with Crippen molar-refractivity contribution < 1.29 is 9.72 Å². The van der Waals surface area contributed by atoms with Crippen molar-refractivity contribution in [2.45, 2.75) is 19.4 Å². The van der Waals surface area contributed by atoms with Crippen LogP contribution in [0.4, 0.5) is 11.4 Å². The molecule has 0 saturated carbocycles. The Hall–Kier alpha value is -1.31. The molecular formula is C12H18ClN3O3S. The van der Waals surface area contributed by atoms with Gasteiger partial charge in [-0.1, -0.05) is 6.07 Å². The van der Waals surface area contributed by atoms with E-state index in [9.17, 15) is 14.9 Å². The minimum atomic E-state index is -0.604. The smallest absolute Gasteiger partial charge is 0.274 e. The first-order valence-electron chi connectivity index (χ1n) is 5.76. The highest BCUT2D eigenvalue weighted by Gasteiger charge is 2.16. The van der Waals surface area contributed by atoms with Gasteiger partial charge in [-0.2, -0.15) is 11.8 Å². The molecule has 112 valence electrons. The normalized spacial score (nSPS) is 11.3. The number of amides is 1. The molecule has 1 aromatic rings. The standard InChI is InChI=1S/C12H17N3O3S.ClH/c1-8-3-4-9(7-11(8)15(17)18)14-12(16)10(13)5-6-19-2;/h3-4,7,10H,5-6,13H2,1-2H3,(H,14,16);1H/t10-;/m0./s1. The van der Waals surface area contributed by atoms with E-state index in [2.05, 4.69) is 5.32 Å². The molecule has 0 spiro atoms. The van der Waals surface area contributed by atoms with Gasteiger partial charge in [0.05, 0.1) is 11.0 Å². The van der Waals surface area contributed by atoms with Crippen LogP contribution in [0.5, 0.6) is 0 Å². The number of carbonyl (C=O) groups excluding carboxylic acids is 1. The van der Waals surface area contributed by atoms with E-state index in [0.29, 0.717) is 17.7 Å². The summed E-state index contributed by atoms with van der Waals surface area (Å²) >= 11 is 1.61. The van der Waals surface area contributed by atoms with E-state index in [-0.39, 0.29) is 24.0 Å². The van der Waals surface area contributed by atoms with Crippen molar-refractivity contribution in [1.82, 2.24) is 0 Å². The Bertz CT molecular complexity index is 485. The zero-order chi connectivity index (χ0) is 14.4. The summed E-state index contributed by atoms with van der Waals surface area (Å²) in [4.78, 5) is 22.1. The van der Waals surface area contributed by atoms with E-state index in [1.807, 2.05) is 6.26 Å². The maximum absolute atomic E-state index is 11.8. The fourth-order valence-corrected chi connectivity index (χ4v) is 1.98. The van der Waals surface area contributed by atoms with Crippen molar-refractivity contribution in [2.24, 2.45) is 5.73 Å². The van der Waals surface area contributed by atoms with Crippen LogP contribution in [0.25, 0.3) is 0 Å². The van der Waals surface area contributed by atoms with E-state index in [1.54, 1.807) is 30.8 Å². The van der Waals surface area contributed by atoms with Gasteiger partial charge in [-0.3, -0.25) is 14.9 Å². The molecule has 20 heavy (non-hydrogen) atoms. The van der Waals surface area contributed by atoms with Gasteiger partial charge in [0.2, 0.25) is 5.91 Å². The molecule has 0 bridgehead atoms. The molecular weight excluding hydrogens is 302 g/mol. The SMILES string of the molecule is CSCC[C@H](N)C(=O)Nc1ccc(C)c([N+](=O)[O-])c1.Cl. The number of nitrogens with zero attached hydrogens (tertiary/aromatic N) is 1. The number of nitrogens with two attached hydrogens (primary N) is 1. The lowest BCUT2D eigenvalue weighted by Crippen LogP contribution is -2.36. The fourth-order valence-electron chi connectivity index (χ4n) is 1.49. The number of thioether (sulfide) groups is 1. The molecule has 3 N–H and O–H groups in total. The van der Waals surface area contributed by atoms with E-state index in [4.69, 9.17) is 5.73 Å². The second-order valence-electron chi connectivity index (χ2n) is 4.14. The summed E-state index contributed by atoms with van der Waals surface area (Å²) in [6.45, 7) is 1.65. The maximum atomic E-state index is 11.8. The Morgan fingerprint density at radius 2 is 2.20 bits per heavy atom. The Morgan fingerprint density at radius 1 is 1.55 bits per heavy atom. The Kier molecular flexibility index (Phi) is 8.21. The van der Waals surface area contributed by atoms with Crippen molar-refractivity contribution in [3.8, 4) is 0 Å². The molecule has 1 rings (SSSR count). The molecule has 0 aliphatic rings. The molecule has 8 heteroatoms. The number of hydrogen-bond acceptors (Lipinski definition) is 5. The second-order valence-corrected chi connectivity index (χ2v) is 5.12. The van der Waals surface area contributed by atoms with Gasteiger partial charge in [0, 0.05) is 17.3 Å². The van der Waals surface area contributed by atoms with Crippen molar-refractivity contribution in [2.75, 3.05) is 17.3 Å². The second kappa shape index (κ2) is 8.78. The van der Waals surface area contributed by atoms with E-state index >= 15 is 0 Å². The summed E-state index contributed by atoms with van der Waals surface area (Å²) in [7, 11) is 0. The van der Waals surface area contributed by atoms with Crippen LogP contribution in [0.1, 0.15) is 12.0 Å². The monoisotopic (exact) mass is 319 g/mol. The van der Waals surface area contributed by atoms with Crippen molar-refractivity contribution in [3.63, 3.8) is 0 Å². The average molecular weight is 320 g/mol. The van der Waals surface area contributed by atoms with Gasteiger partial charge in [0.15, 0.2) is 0 Å². The number of hydrogen-bond donors (Lipinski definition) is 2. The summed E-state index contributed by atoms with van der Waals surface area (Å²) in [6, 6.07) is 3.96. The molecule has 0 saturated heterocycles. The zero-order valence-electron chi connectivity index (χ0n) is 11.3. The minimum Gasteiger partial charge on any atom is -0.324 e. The van der Waals surface area contributed by atoms with Gasteiger partial charge in [-0.15, -0.1) is 12.4 Å². The number of aryl methyl sites for hydroxylation is 1. The number of carbonyl (C=O) groups is 1. The molecule has 1 atom stereocenters. The van der Waals surface area contributed by atoms with Crippen LogP contribution in [0.15, 0.2) is 18.2 Å². The van der Waals surface area contributed by atoms with Gasteiger partial charge >= 0.3 is 0 Å². The fraction of sp³-hybridized carbons (Fsp3) is 0.417. The van der Waals surface area contributed by atoms with E-state index in [1.165, 1.54) is 6.07 Å². The average Bonchev–Trinajstić information content (AvgIpc) is 2.37. The first-order chi connectivity index (χ1) is 8.95. The molecule has 0 aromatic heterocycles. The number of benzene rings is 1. The predicted octanol–water partition coefficient (Wildman–Crippen LogP) is 2.34. The Labute approximate surface area is 128 Å². The number of nitrogens with one attached hydrogen (secondary N) is 1. The van der Waals surface area contributed by atoms with Gasteiger partial charge in [0.25, 0.3) is 5.69 Å².